The Balaban J connectivity index is 3.29. The molecule has 1 aliphatic rings. The van der Waals surface area contributed by atoms with Gasteiger partial charge in [0.1, 0.15) is 0 Å². The number of aliphatic hydroxyl groups excluding tert-OH is 2. The molecule has 3 unspecified atom stereocenters. The molecule has 0 aromatic rings. The first-order chi connectivity index (χ1) is 11.0. The van der Waals surface area contributed by atoms with E-state index in [1.165, 1.54) is 14.2 Å². The van der Waals surface area contributed by atoms with Gasteiger partial charge in [0.15, 0.2) is 0 Å². The van der Waals surface area contributed by atoms with Crippen molar-refractivity contribution in [3.63, 3.8) is 0 Å². The molecule has 24 heavy (non-hydrogen) atoms. The third-order valence-electron chi connectivity index (χ3n) is 5.24. The molecule has 0 saturated carbocycles. The van der Waals surface area contributed by atoms with Gasteiger partial charge in [0.25, 0.3) is 0 Å². The molecule has 3 atom stereocenters. The predicted octanol–water partition coefficient (Wildman–Crippen LogP) is 0.571. The molecule has 7 nitrogen and oxygen atoms in total. The van der Waals surface area contributed by atoms with E-state index in [9.17, 15) is 19.8 Å². The van der Waals surface area contributed by atoms with Crippen LogP contribution >= 0.6 is 0 Å². The van der Waals surface area contributed by atoms with E-state index in [1.807, 2.05) is 27.7 Å². The lowest BCUT2D eigenvalue weighted by Gasteiger charge is -2.59. The van der Waals surface area contributed by atoms with Crippen molar-refractivity contribution in [2.45, 2.75) is 57.7 Å². The highest BCUT2D eigenvalue weighted by Crippen LogP contribution is 2.46. The second-order valence-corrected chi connectivity index (χ2v) is 7.55. The number of ether oxygens (including phenoxy) is 2. The second-order valence-electron chi connectivity index (χ2n) is 7.55. The van der Waals surface area contributed by atoms with Gasteiger partial charge in [0.2, 0.25) is 0 Å². The minimum absolute atomic E-state index is 0.0322. The van der Waals surface area contributed by atoms with Crippen LogP contribution in [0, 0.1) is 11.8 Å². The highest BCUT2D eigenvalue weighted by Gasteiger charge is 2.55. The Kier molecular flexibility index (Phi) is 6.78. The van der Waals surface area contributed by atoms with Crippen LogP contribution in [0.3, 0.4) is 0 Å². The molecule has 1 fully saturated rings. The summed E-state index contributed by atoms with van der Waals surface area (Å²) in [5.74, 6) is -2.40. The van der Waals surface area contributed by atoms with Crippen LogP contribution in [0.2, 0.25) is 0 Å². The quantitative estimate of drug-likeness (QED) is 0.679. The highest BCUT2D eigenvalue weighted by molar-refractivity contribution is 5.80. The van der Waals surface area contributed by atoms with Gasteiger partial charge in [0.05, 0.1) is 39.3 Å². The summed E-state index contributed by atoms with van der Waals surface area (Å²) in [7, 11) is 2.53. The number of aliphatic hydroxyl groups is 2. The van der Waals surface area contributed by atoms with Crippen LogP contribution in [0.25, 0.3) is 0 Å². The summed E-state index contributed by atoms with van der Waals surface area (Å²) in [6, 6.07) is 0. The number of piperidine rings is 1. The van der Waals surface area contributed by atoms with E-state index in [0.29, 0.717) is 13.0 Å². The fourth-order valence-electron chi connectivity index (χ4n) is 4.40. The molecule has 7 heteroatoms. The van der Waals surface area contributed by atoms with Crippen LogP contribution in [0.1, 0.15) is 40.5 Å². The first kappa shape index (κ1) is 20.9. The minimum atomic E-state index is -0.815. The molecular weight excluding hydrogens is 314 g/mol. The maximum absolute atomic E-state index is 12.3. The van der Waals surface area contributed by atoms with Gasteiger partial charge in [-0.05, 0) is 34.1 Å². The average molecular weight is 345 g/mol. The standard InChI is InChI=1S/C17H31NO6/c1-16(2)10-12(20)14(17(3,4)18(16)7-8-19)11(15(22)24-6)9-13(21)23-5/h11-12,14,19-20H,7-10H2,1-6H3. The Bertz CT molecular complexity index is 462. The van der Waals surface area contributed by atoms with E-state index < -0.39 is 35.4 Å². The van der Waals surface area contributed by atoms with Crippen LogP contribution in [0.15, 0.2) is 0 Å². The summed E-state index contributed by atoms with van der Waals surface area (Å²) < 4.78 is 9.58. The molecular formula is C17H31NO6. The Morgan fingerprint density at radius 1 is 1.21 bits per heavy atom. The molecule has 1 rings (SSSR count). The van der Waals surface area contributed by atoms with Gasteiger partial charge in [-0.1, -0.05) is 0 Å². The molecule has 140 valence electrons. The lowest BCUT2D eigenvalue weighted by molar-refractivity contribution is -0.175. The van der Waals surface area contributed by atoms with Gasteiger partial charge in [-0.15, -0.1) is 0 Å². The zero-order valence-corrected chi connectivity index (χ0v) is 15.5. The molecule has 0 radical (unpaired) electrons. The summed E-state index contributed by atoms with van der Waals surface area (Å²) in [6.07, 6.45) is -0.504. The number of carbonyl (C=O) groups excluding carboxylic acids is 2. The van der Waals surface area contributed by atoms with Crippen LogP contribution in [0.5, 0.6) is 0 Å². The minimum Gasteiger partial charge on any atom is -0.469 e. The smallest absolute Gasteiger partial charge is 0.309 e. The molecule has 0 spiro atoms. The lowest BCUT2D eigenvalue weighted by Crippen LogP contribution is -2.69. The number of methoxy groups -OCH3 is 2. The highest BCUT2D eigenvalue weighted by atomic mass is 16.5. The second kappa shape index (κ2) is 7.80. The van der Waals surface area contributed by atoms with E-state index in [2.05, 4.69) is 4.90 Å². The summed E-state index contributed by atoms with van der Waals surface area (Å²) in [4.78, 5) is 26.2. The van der Waals surface area contributed by atoms with Gasteiger partial charge in [-0.25, -0.2) is 0 Å². The van der Waals surface area contributed by atoms with E-state index in [1.54, 1.807) is 0 Å². The molecule has 1 saturated heterocycles. The van der Waals surface area contributed by atoms with Crippen molar-refractivity contribution in [2.24, 2.45) is 11.8 Å². The predicted molar refractivity (Wildman–Crippen MR) is 88.2 cm³/mol. The molecule has 0 aliphatic carbocycles. The number of hydrogen-bond acceptors (Lipinski definition) is 7. The number of esters is 2. The van der Waals surface area contributed by atoms with Crippen molar-refractivity contribution >= 4 is 11.9 Å². The fourth-order valence-corrected chi connectivity index (χ4v) is 4.40. The van der Waals surface area contributed by atoms with Crippen molar-refractivity contribution in [3.05, 3.63) is 0 Å². The molecule has 1 heterocycles. The van der Waals surface area contributed by atoms with Gasteiger partial charge in [-0.2, -0.15) is 0 Å². The van der Waals surface area contributed by atoms with E-state index >= 15 is 0 Å². The van der Waals surface area contributed by atoms with Crippen molar-refractivity contribution in [1.82, 2.24) is 4.90 Å². The third-order valence-corrected chi connectivity index (χ3v) is 5.24. The molecule has 1 aliphatic heterocycles. The molecule has 0 amide bonds. The van der Waals surface area contributed by atoms with E-state index in [0.717, 1.165) is 0 Å². The van der Waals surface area contributed by atoms with Crippen molar-refractivity contribution in [1.29, 1.82) is 0 Å². The normalized spacial score (nSPS) is 27.3. The summed E-state index contributed by atoms with van der Waals surface area (Å²) >= 11 is 0. The molecule has 0 bridgehead atoms. The number of nitrogens with zero attached hydrogens (tertiary/aromatic N) is 1. The topological polar surface area (TPSA) is 96.3 Å². The van der Waals surface area contributed by atoms with Gasteiger partial charge in [0, 0.05) is 23.5 Å². The van der Waals surface area contributed by atoms with Gasteiger partial charge < -0.3 is 19.7 Å². The van der Waals surface area contributed by atoms with E-state index in [4.69, 9.17) is 9.47 Å². The van der Waals surface area contributed by atoms with Gasteiger partial charge >= 0.3 is 11.9 Å². The third kappa shape index (κ3) is 4.07. The zero-order valence-electron chi connectivity index (χ0n) is 15.5. The number of β-amino-alcohol motifs (C(OH)–C–C–N with tert-alkyl or cyclic N) is 1. The van der Waals surface area contributed by atoms with Crippen LogP contribution < -0.4 is 0 Å². The number of hydrogen-bond donors (Lipinski definition) is 2. The van der Waals surface area contributed by atoms with Crippen molar-refractivity contribution in [3.8, 4) is 0 Å². The van der Waals surface area contributed by atoms with Crippen LogP contribution in [0.4, 0.5) is 0 Å². The summed E-state index contributed by atoms with van der Waals surface area (Å²) in [5.41, 5.74) is -0.981. The Morgan fingerprint density at radius 2 is 1.79 bits per heavy atom. The Hall–Kier alpha value is -1.18. The van der Waals surface area contributed by atoms with Gasteiger partial charge in [-0.3, -0.25) is 14.5 Å². The van der Waals surface area contributed by atoms with Crippen molar-refractivity contribution < 1.29 is 29.3 Å². The largest absolute Gasteiger partial charge is 0.469 e. The van der Waals surface area contributed by atoms with Crippen LogP contribution in [-0.2, 0) is 19.1 Å². The van der Waals surface area contributed by atoms with E-state index in [-0.39, 0.29) is 18.6 Å². The first-order valence-corrected chi connectivity index (χ1v) is 8.24. The molecule has 2 N–H and O–H groups in total. The maximum atomic E-state index is 12.3. The summed E-state index contributed by atoms with van der Waals surface area (Å²) in [6.45, 7) is 8.22. The van der Waals surface area contributed by atoms with Crippen LogP contribution in [-0.4, -0.2) is 71.6 Å². The fraction of sp³-hybridized carbons (Fsp3) is 0.882. The summed E-state index contributed by atoms with van der Waals surface area (Å²) in [5, 5.41) is 20.2. The monoisotopic (exact) mass is 345 g/mol. The Morgan fingerprint density at radius 3 is 2.25 bits per heavy atom. The lowest BCUT2D eigenvalue weighted by atomic mass is 9.65. The SMILES string of the molecule is COC(=O)CC(C(=O)OC)C1C(O)CC(C)(C)N(CCO)C1(C)C. The number of carbonyl (C=O) groups is 2. The zero-order chi connectivity index (χ0) is 18.7. The maximum Gasteiger partial charge on any atom is 0.309 e. The first-order valence-electron chi connectivity index (χ1n) is 8.24. The number of likely N-dealkylation sites (tertiary alicyclic amines) is 1. The number of rotatable bonds is 6. The van der Waals surface area contributed by atoms with Crippen molar-refractivity contribution in [2.75, 3.05) is 27.4 Å². The molecule has 0 aromatic carbocycles. The average Bonchev–Trinajstić information content (AvgIpc) is 2.48. The Labute approximate surface area is 143 Å². The molecule has 0 aromatic heterocycles.